The average molecular weight is 353 g/mol. The van der Waals surface area contributed by atoms with E-state index in [1.165, 1.54) is 6.07 Å². The van der Waals surface area contributed by atoms with Gasteiger partial charge in [-0.05, 0) is 49.2 Å². The average Bonchev–Trinajstić information content (AvgIpc) is 2.49. The first kappa shape index (κ1) is 17.5. The smallest absolute Gasteiger partial charge is 0.241 e. The van der Waals surface area contributed by atoms with Crippen LogP contribution >= 0.6 is 11.6 Å². The summed E-state index contributed by atoms with van der Waals surface area (Å²) in [6, 6.07) is 11.6. The molecule has 0 fully saturated rings. The summed E-state index contributed by atoms with van der Waals surface area (Å²) >= 11 is 5.98. The third-order valence-electron chi connectivity index (χ3n) is 3.18. The van der Waals surface area contributed by atoms with E-state index >= 15 is 0 Å². The number of amides is 1. The van der Waals surface area contributed by atoms with Crippen molar-refractivity contribution in [3.05, 3.63) is 58.6 Å². The first-order chi connectivity index (χ1) is 10.8. The minimum absolute atomic E-state index is 0.128. The molecule has 0 aliphatic heterocycles. The van der Waals surface area contributed by atoms with Crippen molar-refractivity contribution in [3.8, 4) is 0 Å². The van der Waals surface area contributed by atoms with Gasteiger partial charge in [-0.1, -0.05) is 29.8 Å². The Morgan fingerprint density at radius 2 is 1.87 bits per heavy atom. The van der Waals surface area contributed by atoms with Crippen molar-refractivity contribution < 1.29 is 13.2 Å². The highest BCUT2D eigenvalue weighted by Gasteiger charge is 2.15. The van der Waals surface area contributed by atoms with Gasteiger partial charge in [0.15, 0.2) is 0 Å². The molecule has 2 aromatic rings. The van der Waals surface area contributed by atoms with Crippen LogP contribution in [0.3, 0.4) is 0 Å². The highest BCUT2D eigenvalue weighted by Crippen LogP contribution is 2.19. The van der Waals surface area contributed by atoms with Gasteiger partial charge in [0.1, 0.15) is 0 Å². The van der Waals surface area contributed by atoms with Gasteiger partial charge in [-0.3, -0.25) is 4.79 Å². The molecule has 0 heterocycles. The number of benzene rings is 2. The van der Waals surface area contributed by atoms with Crippen LogP contribution in [0, 0.1) is 13.8 Å². The lowest BCUT2D eigenvalue weighted by molar-refractivity contribution is -0.115. The summed E-state index contributed by atoms with van der Waals surface area (Å²) in [6.45, 7) is 3.29. The summed E-state index contributed by atoms with van der Waals surface area (Å²) in [5.41, 5.74) is 2.23. The quantitative estimate of drug-likeness (QED) is 0.868. The van der Waals surface area contributed by atoms with Crippen molar-refractivity contribution in [2.45, 2.75) is 18.7 Å². The number of carbonyl (C=O) groups excluding carboxylic acids is 1. The summed E-state index contributed by atoms with van der Waals surface area (Å²) in [5.74, 6) is -0.471. The molecular weight excluding hydrogens is 336 g/mol. The summed E-state index contributed by atoms with van der Waals surface area (Å²) in [6.07, 6.45) is 0. The Morgan fingerprint density at radius 1 is 1.13 bits per heavy atom. The topological polar surface area (TPSA) is 75.3 Å². The van der Waals surface area contributed by atoms with Crippen LogP contribution in [0.15, 0.2) is 47.4 Å². The highest BCUT2D eigenvalue weighted by molar-refractivity contribution is 7.89. The van der Waals surface area contributed by atoms with E-state index in [9.17, 15) is 13.2 Å². The van der Waals surface area contributed by atoms with E-state index in [0.717, 1.165) is 11.1 Å². The summed E-state index contributed by atoms with van der Waals surface area (Å²) < 4.78 is 26.5. The monoisotopic (exact) mass is 352 g/mol. The van der Waals surface area contributed by atoms with Crippen molar-refractivity contribution in [2.75, 3.05) is 11.9 Å². The van der Waals surface area contributed by atoms with E-state index in [-0.39, 0.29) is 11.4 Å². The number of nitrogens with one attached hydrogen (secondary N) is 2. The van der Waals surface area contributed by atoms with Crippen LogP contribution in [0.2, 0.25) is 5.02 Å². The molecular formula is C16H17ClN2O3S. The van der Waals surface area contributed by atoms with E-state index in [1.54, 1.807) is 43.3 Å². The molecule has 1 amide bonds. The van der Waals surface area contributed by atoms with Gasteiger partial charge in [-0.25, -0.2) is 13.1 Å². The molecule has 0 radical (unpaired) electrons. The summed E-state index contributed by atoms with van der Waals surface area (Å²) in [4.78, 5) is 12.0. The van der Waals surface area contributed by atoms with Crippen molar-refractivity contribution in [1.82, 2.24) is 4.72 Å². The Bertz CT molecular complexity index is 835. The number of aryl methyl sites for hydroxylation is 2. The maximum absolute atomic E-state index is 12.1. The third kappa shape index (κ3) is 4.79. The van der Waals surface area contributed by atoms with Gasteiger partial charge in [0, 0.05) is 10.7 Å². The molecule has 5 nitrogen and oxygen atoms in total. The Labute approximate surface area is 140 Å². The number of carbonyl (C=O) groups is 1. The van der Waals surface area contributed by atoms with Crippen molar-refractivity contribution in [1.29, 1.82) is 0 Å². The minimum atomic E-state index is -3.72. The molecule has 2 N–H and O–H groups in total. The predicted molar refractivity (Wildman–Crippen MR) is 91.2 cm³/mol. The van der Waals surface area contributed by atoms with Gasteiger partial charge in [-0.15, -0.1) is 0 Å². The van der Waals surface area contributed by atoms with Gasteiger partial charge < -0.3 is 5.32 Å². The molecule has 122 valence electrons. The number of rotatable bonds is 5. The Balaban J connectivity index is 1.99. The van der Waals surface area contributed by atoms with Crippen LogP contribution in [-0.2, 0) is 14.8 Å². The van der Waals surface area contributed by atoms with Crippen molar-refractivity contribution >= 4 is 33.2 Å². The lowest BCUT2D eigenvalue weighted by Gasteiger charge is -2.09. The molecule has 0 atom stereocenters. The first-order valence-corrected chi connectivity index (χ1v) is 8.76. The van der Waals surface area contributed by atoms with Gasteiger partial charge in [0.2, 0.25) is 15.9 Å². The van der Waals surface area contributed by atoms with Gasteiger partial charge in [0.25, 0.3) is 0 Å². The fourth-order valence-corrected chi connectivity index (χ4v) is 3.17. The molecule has 0 spiro atoms. The lowest BCUT2D eigenvalue weighted by Crippen LogP contribution is -2.32. The molecule has 2 aromatic carbocycles. The van der Waals surface area contributed by atoms with E-state index in [2.05, 4.69) is 10.0 Å². The van der Waals surface area contributed by atoms with Crippen LogP contribution in [-0.4, -0.2) is 20.9 Å². The molecule has 0 bridgehead atoms. The molecule has 0 unspecified atom stereocenters. The lowest BCUT2D eigenvalue weighted by atomic mass is 10.2. The second-order valence-corrected chi connectivity index (χ2v) is 7.33. The fraction of sp³-hybridized carbons (Fsp3) is 0.188. The summed E-state index contributed by atoms with van der Waals surface area (Å²) in [5, 5.41) is 3.13. The molecule has 0 aliphatic carbocycles. The number of anilines is 1. The zero-order valence-corrected chi connectivity index (χ0v) is 14.3. The molecule has 0 aromatic heterocycles. The number of halogens is 1. The SMILES string of the molecule is Cc1cccc(S(=O)(=O)NCC(=O)Nc2ccc(C)c(Cl)c2)c1. The Hall–Kier alpha value is -1.89. The van der Waals surface area contributed by atoms with E-state index < -0.39 is 15.9 Å². The predicted octanol–water partition coefficient (Wildman–Crippen LogP) is 2.87. The molecule has 7 heteroatoms. The normalized spacial score (nSPS) is 11.3. The first-order valence-electron chi connectivity index (χ1n) is 6.90. The maximum atomic E-state index is 12.1. The summed E-state index contributed by atoms with van der Waals surface area (Å²) in [7, 11) is -3.72. The van der Waals surface area contributed by atoms with E-state index in [4.69, 9.17) is 11.6 Å². The molecule has 23 heavy (non-hydrogen) atoms. The molecule has 0 aliphatic rings. The van der Waals surface area contributed by atoms with Crippen LogP contribution < -0.4 is 10.0 Å². The minimum Gasteiger partial charge on any atom is -0.325 e. The largest absolute Gasteiger partial charge is 0.325 e. The molecule has 0 saturated heterocycles. The van der Waals surface area contributed by atoms with E-state index in [1.807, 2.05) is 6.92 Å². The Morgan fingerprint density at radius 3 is 2.52 bits per heavy atom. The zero-order chi connectivity index (χ0) is 17.0. The van der Waals surface area contributed by atoms with Crippen molar-refractivity contribution in [3.63, 3.8) is 0 Å². The second kappa shape index (κ2) is 7.12. The Kier molecular flexibility index (Phi) is 5.41. The van der Waals surface area contributed by atoms with E-state index in [0.29, 0.717) is 10.7 Å². The van der Waals surface area contributed by atoms with Gasteiger partial charge >= 0.3 is 0 Å². The number of sulfonamides is 1. The standard InChI is InChI=1S/C16H17ClN2O3S/c1-11-4-3-5-14(8-11)23(21,22)18-10-16(20)19-13-7-6-12(2)15(17)9-13/h3-9,18H,10H2,1-2H3,(H,19,20). The van der Waals surface area contributed by atoms with Gasteiger partial charge in [-0.2, -0.15) is 0 Å². The second-order valence-electron chi connectivity index (χ2n) is 5.15. The van der Waals surface area contributed by atoms with Crippen LogP contribution in [0.1, 0.15) is 11.1 Å². The van der Waals surface area contributed by atoms with Crippen molar-refractivity contribution in [2.24, 2.45) is 0 Å². The van der Waals surface area contributed by atoms with Gasteiger partial charge in [0.05, 0.1) is 11.4 Å². The van der Waals surface area contributed by atoms with Crippen LogP contribution in [0.5, 0.6) is 0 Å². The zero-order valence-electron chi connectivity index (χ0n) is 12.8. The van der Waals surface area contributed by atoms with Crippen LogP contribution in [0.25, 0.3) is 0 Å². The maximum Gasteiger partial charge on any atom is 0.241 e. The molecule has 2 rings (SSSR count). The fourth-order valence-electron chi connectivity index (χ4n) is 1.90. The highest BCUT2D eigenvalue weighted by atomic mass is 35.5. The third-order valence-corrected chi connectivity index (χ3v) is 4.98. The van der Waals surface area contributed by atoms with Crippen LogP contribution in [0.4, 0.5) is 5.69 Å². The number of hydrogen-bond donors (Lipinski definition) is 2. The molecule has 0 saturated carbocycles. The number of hydrogen-bond acceptors (Lipinski definition) is 3.